The zero-order chi connectivity index (χ0) is 16.5. The van der Waals surface area contributed by atoms with Crippen molar-refractivity contribution in [2.24, 2.45) is 0 Å². The van der Waals surface area contributed by atoms with Crippen molar-refractivity contribution in [2.75, 3.05) is 5.75 Å². The summed E-state index contributed by atoms with van der Waals surface area (Å²) in [5, 5.41) is 12.3. The lowest BCUT2D eigenvalue weighted by molar-refractivity contribution is -0.724. The summed E-state index contributed by atoms with van der Waals surface area (Å²) in [7, 11) is 0. The fourth-order valence-electron chi connectivity index (χ4n) is 3.01. The third kappa shape index (κ3) is 2.59. The van der Waals surface area contributed by atoms with Gasteiger partial charge in [0.25, 0.3) is 5.69 Å². The van der Waals surface area contributed by atoms with E-state index in [0.29, 0.717) is 0 Å². The van der Waals surface area contributed by atoms with Gasteiger partial charge >= 0.3 is 5.16 Å². The highest BCUT2D eigenvalue weighted by molar-refractivity contribution is 7.99. The van der Waals surface area contributed by atoms with Gasteiger partial charge in [0.15, 0.2) is 5.69 Å². The summed E-state index contributed by atoms with van der Waals surface area (Å²) in [5.41, 5.74) is 3.12. The zero-order valence-corrected chi connectivity index (χ0v) is 13.8. The van der Waals surface area contributed by atoms with Crippen LogP contribution < -0.4 is 4.57 Å². The molecule has 0 aliphatic carbocycles. The number of thioether (sulfide) groups is 1. The van der Waals surface area contributed by atoms with Gasteiger partial charge in [0, 0.05) is 23.4 Å². The second-order valence-corrected chi connectivity index (χ2v) is 6.73. The summed E-state index contributed by atoms with van der Waals surface area (Å²) in [4.78, 5) is 10.7. The number of fused-ring (bicyclic) bond motifs is 1. The average molecular weight is 338 g/mol. The van der Waals surface area contributed by atoms with Gasteiger partial charge < -0.3 is 0 Å². The van der Waals surface area contributed by atoms with E-state index in [9.17, 15) is 10.1 Å². The van der Waals surface area contributed by atoms with Gasteiger partial charge in [0.1, 0.15) is 11.9 Å². The number of hydrogen-bond donors (Lipinski definition) is 0. The molecule has 120 valence electrons. The second-order valence-electron chi connectivity index (χ2n) is 5.66. The van der Waals surface area contributed by atoms with Crippen molar-refractivity contribution < 1.29 is 9.49 Å². The lowest BCUT2D eigenvalue weighted by atomic mass is 10.1. The molecule has 1 aliphatic heterocycles. The summed E-state index contributed by atoms with van der Waals surface area (Å²) in [5.74, 6) is 1.09. The first kappa shape index (κ1) is 15.0. The van der Waals surface area contributed by atoms with Crippen LogP contribution in [0.5, 0.6) is 0 Å². The maximum Gasteiger partial charge on any atom is 0.323 e. The summed E-state index contributed by atoms with van der Waals surface area (Å²) < 4.78 is 4.44. The van der Waals surface area contributed by atoms with Crippen LogP contribution in [0.15, 0.2) is 66.0 Å². The topological polar surface area (TPSA) is 52.0 Å². The molecule has 0 unspecified atom stereocenters. The maximum atomic E-state index is 11.1. The minimum Gasteiger partial charge on any atom is -0.258 e. The Kier molecular flexibility index (Phi) is 3.82. The van der Waals surface area contributed by atoms with Crippen molar-refractivity contribution in [3.8, 4) is 16.9 Å². The van der Waals surface area contributed by atoms with Gasteiger partial charge in [-0.15, -0.1) is 0 Å². The van der Waals surface area contributed by atoms with Gasteiger partial charge in [0.05, 0.1) is 11.5 Å². The first-order chi connectivity index (χ1) is 11.7. The molecule has 0 radical (unpaired) electrons. The number of nitrogens with zero attached hydrogens (tertiary/aromatic N) is 3. The molecule has 0 fully saturated rings. The highest BCUT2D eigenvalue weighted by Gasteiger charge is 2.29. The van der Waals surface area contributed by atoms with E-state index in [1.165, 1.54) is 11.2 Å². The molecule has 4 rings (SSSR count). The average Bonchev–Trinajstić information content (AvgIpc) is 3.02. The molecule has 2 aromatic carbocycles. The fraction of sp³-hybridized carbons (Fsp3) is 0.167. The molecule has 24 heavy (non-hydrogen) atoms. The predicted octanol–water partition coefficient (Wildman–Crippen LogP) is 3.84. The summed E-state index contributed by atoms with van der Waals surface area (Å²) >= 11 is 1.83. The largest absolute Gasteiger partial charge is 0.323 e. The van der Waals surface area contributed by atoms with E-state index in [1.54, 1.807) is 12.1 Å². The Balaban J connectivity index is 1.89. The first-order valence-corrected chi connectivity index (χ1v) is 8.81. The molecular weight excluding hydrogens is 322 g/mol. The van der Waals surface area contributed by atoms with Crippen LogP contribution in [0.4, 0.5) is 5.69 Å². The molecule has 0 spiro atoms. The van der Waals surface area contributed by atoms with Gasteiger partial charge in [-0.3, -0.25) is 10.1 Å². The Morgan fingerprint density at radius 2 is 1.96 bits per heavy atom. The Labute approximate surface area is 143 Å². The third-order valence-corrected chi connectivity index (χ3v) is 5.29. The molecular formula is C18H16N3O2S+. The summed E-state index contributed by atoms with van der Waals surface area (Å²) in [6.45, 7) is 0.931. The second kappa shape index (κ2) is 6.13. The standard InChI is InChI=1S/C18H16N3O2S/c22-21(23)16-9-4-6-14(12-16)17-13-20(15-7-2-1-3-8-15)18-19(17)10-5-11-24-18/h1-4,6-9,12-13H,5,10-11H2/q+1. The number of imidazole rings is 1. The minimum absolute atomic E-state index is 0.123. The molecule has 0 bridgehead atoms. The monoisotopic (exact) mass is 338 g/mol. The van der Waals surface area contributed by atoms with Crippen LogP contribution in [0.25, 0.3) is 16.9 Å². The molecule has 0 saturated carbocycles. The fourth-order valence-corrected chi connectivity index (χ4v) is 4.11. The van der Waals surface area contributed by atoms with Gasteiger partial charge in [0.2, 0.25) is 0 Å². The van der Waals surface area contributed by atoms with Crippen LogP contribution >= 0.6 is 11.8 Å². The first-order valence-electron chi connectivity index (χ1n) is 7.82. The molecule has 3 aromatic rings. The van der Waals surface area contributed by atoms with Crippen LogP contribution in [-0.2, 0) is 6.54 Å². The highest BCUT2D eigenvalue weighted by Crippen LogP contribution is 2.30. The van der Waals surface area contributed by atoms with E-state index < -0.39 is 0 Å². The SMILES string of the molecule is O=[N+]([O-])c1cccc(-c2cn(-c3ccccc3)c3[n+]2CCCS3)c1. The molecule has 0 atom stereocenters. The highest BCUT2D eigenvalue weighted by atomic mass is 32.2. The number of aromatic nitrogens is 2. The number of non-ortho nitro benzene ring substituents is 1. The zero-order valence-electron chi connectivity index (χ0n) is 13.0. The molecule has 1 aromatic heterocycles. The Hall–Kier alpha value is -2.60. The van der Waals surface area contributed by atoms with E-state index in [-0.39, 0.29) is 10.6 Å². The lowest BCUT2D eigenvalue weighted by Crippen LogP contribution is -2.40. The van der Waals surface area contributed by atoms with E-state index in [1.807, 2.05) is 36.0 Å². The smallest absolute Gasteiger partial charge is 0.258 e. The van der Waals surface area contributed by atoms with Crippen LogP contribution in [-0.4, -0.2) is 15.2 Å². The van der Waals surface area contributed by atoms with Crippen molar-refractivity contribution in [3.63, 3.8) is 0 Å². The van der Waals surface area contributed by atoms with Gasteiger partial charge in [-0.2, -0.15) is 4.57 Å². The number of hydrogen-bond acceptors (Lipinski definition) is 3. The molecule has 1 aliphatic rings. The maximum absolute atomic E-state index is 11.1. The number of nitro groups is 1. The van der Waals surface area contributed by atoms with Crippen molar-refractivity contribution in [2.45, 2.75) is 18.1 Å². The minimum atomic E-state index is -0.344. The third-order valence-electron chi connectivity index (χ3n) is 4.12. The van der Waals surface area contributed by atoms with Crippen molar-refractivity contribution in [3.05, 3.63) is 70.9 Å². The molecule has 2 heterocycles. The molecule has 0 saturated heterocycles. The lowest BCUT2D eigenvalue weighted by Gasteiger charge is -2.10. The van der Waals surface area contributed by atoms with Gasteiger partial charge in [-0.05, 0) is 30.3 Å². The molecule has 0 amide bonds. The predicted molar refractivity (Wildman–Crippen MR) is 93.4 cm³/mol. The summed E-state index contributed by atoms with van der Waals surface area (Å²) in [6.07, 6.45) is 3.19. The Bertz CT molecular complexity index is 906. The number of nitro benzene ring substituents is 1. The van der Waals surface area contributed by atoms with E-state index >= 15 is 0 Å². The van der Waals surface area contributed by atoms with Crippen LogP contribution in [0.3, 0.4) is 0 Å². The number of benzene rings is 2. The van der Waals surface area contributed by atoms with E-state index in [4.69, 9.17) is 0 Å². The number of rotatable bonds is 3. The Morgan fingerprint density at radius 3 is 2.75 bits per heavy atom. The number of para-hydroxylation sites is 1. The molecule has 5 nitrogen and oxygen atoms in total. The summed E-state index contributed by atoms with van der Waals surface area (Å²) in [6, 6.07) is 17.1. The van der Waals surface area contributed by atoms with Crippen LogP contribution in [0.1, 0.15) is 6.42 Å². The molecule has 0 N–H and O–H groups in total. The molecule has 6 heteroatoms. The quantitative estimate of drug-likeness (QED) is 0.414. The Morgan fingerprint density at radius 1 is 1.12 bits per heavy atom. The van der Waals surface area contributed by atoms with E-state index in [0.717, 1.165) is 35.7 Å². The van der Waals surface area contributed by atoms with Crippen LogP contribution in [0.2, 0.25) is 0 Å². The van der Waals surface area contributed by atoms with Gasteiger partial charge in [-0.25, -0.2) is 4.57 Å². The normalized spacial score (nSPS) is 13.5. The van der Waals surface area contributed by atoms with Gasteiger partial charge in [-0.1, -0.05) is 30.3 Å². The van der Waals surface area contributed by atoms with Crippen molar-refractivity contribution in [1.29, 1.82) is 0 Å². The van der Waals surface area contributed by atoms with Crippen LogP contribution in [0, 0.1) is 10.1 Å². The van der Waals surface area contributed by atoms with Crippen molar-refractivity contribution >= 4 is 17.4 Å². The van der Waals surface area contributed by atoms with E-state index in [2.05, 4.69) is 27.5 Å². The van der Waals surface area contributed by atoms with Crippen molar-refractivity contribution in [1.82, 2.24) is 4.57 Å².